The zero-order valence-electron chi connectivity index (χ0n) is 12.9. The van der Waals surface area contributed by atoms with Crippen LogP contribution in [0.15, 0.2) is 0 Å². The summed E-state index contributed by atoms with van der Waals surface area (Å²) < 4.78 is 5.89. The minimum absolute atomic E-state index is 0.416. The minimum Gasteiger partial charge on any atom is -0.380 e. The maximum absolute atomic E-state index is 5.89. The van der Waals surface area contributed by atoms with Crippen LogP contribution in [0.2, 0.25) is 0 Å². The number of nitrogens with one attached hydrogen (secondary N) is 1. The van der Waals surface area contributed by atoms with Gasteiger partial charge in [-0.25, -0.2) is 0 Å². The lowest BCUT2D eigenvalue weighted by atomic mass is 9.80. The summed E-state index contributed by atoms with van der Waals surface area (Å²) in [6, 6.07) is 0.540. The highest BCUT2D eigenvalue weighted by molar-refractivity contribution is 4.85. The fourth-order valence-corrected chi connectivity index (χ4v) is 3.32. The van der Waals surface area contributed by atoms with Crippen LogP contribution in [0.25, 0.3) is 0 Å². The summed E-state index contributed by atoms with van der Waals surface area (Å²) in [6.45, 7) is 7.98. The maximum Gasteiger partial charge on any atom is 0.0752 e. The average Bonchev–Trinajstić information content (AvgIpc) is 2.37. The lowest BCUT2D eigenvalue weighted by Gasteiger charge is -2.36. The molecule has 0 aromatic heterocycles. The van der Waals surface area contributed by atoms with Gasteiger partial charge in [-0.2, -0.15) is 0 Å². The van der Waals surface area contributed by atoms with Crippen molar-refractivity contribution in [3.05, 3.63) is 0 Å². The van der Waals surface area contributed by atoms with E-state index in [1.807, 2.05) is 7.11 Å². The van der Waals surface area contributed by atoms with Crippen LogP contribution in [-0.4, -0.2) is 25.8 Å². The van der Waals surface area contributed by atoms with Crippen LogP contribution in [0.3, 0.4) is 0 Å². The lowest BCUT2D eigenvalue weighted by Crippen LogP contribution is -2.46. The topological polar surface area (TPSA) is 21.3 Å². The maximum atomic E-state index is 5.89. The van der Waals surface area contributed by atoms with Gasteiger partial charge in [0.1, 0.15) is 0 Å². The number of ether oxygens (including phenoxy) is 1. The van der Waals surface area contributed by atoms with Crippen LogP contribution < -0.4 is 5.32 Å². The first-order chi connectivity index (χ1) is 8.69. The summed E-state index contributed by atoms with van der Waals surface area (Å²) >= 11 is 0. The third-order valence-electron chi connectivity index (χ3n) is 4.17. The molecule has 1 aliphatic carbocycles. The monoisotopic (exact) mass is 255 g/mol. The molecule has 1 aliphatic rings. The number of hydrogen-bond acceptors (Lipinski definition) is 2. The standard InChI is InChI=1S/C16H33NO/c1-5-11-17-15(12-13(2)3)16(18-4)14-9-7-6-8-10-14/h13-17H,5-12H2,1-4H3. The molecule has 1 fully saturated rings. The van der Waals surface area contributed by atoms with Gasteiger partial charge >= 0.3 is 0 Å². The average molecular weight is 255 g/mol. The second-order valence-corrected chi connectivity index (χ2v) is 6.29. The smallest absolute Gasteiger partial charge is 0.0752 e. The Balaban J connectivity index is 2.58. The van der Waals surface area contributed by atoms with Crippen LogP contribution in [0.4, 0.5) is 0 Å². The Morgan fingerprint density at radius 1 is 1.17 bits per heavy atom. The van der Waals surface area contributed by atoms with Crippen molar-refractivity contribution in [2.45, 2.75) is 77.9 Å². The van der Waals surface area contributed by atoms with Gasteiger partial charge in [-0.15, -0.1) is 0 Å². The Morgan fingerprint density at radius 2 is 1.83 bits per heavy atom. The highest BCUT2D eigenvalue weighted by Crippen LogP contribution is 2.30. The molecule has 0 aromatic carbocycles. The Labute approximate surface area is 114 Å². The van der Waals surface area contributed by atoms with Crippen molar-refractivity contribution < 1.29 is 4.74 Å². The van der Waals surface area contributed by atoms with E-state index in [1.165, 1.54) is 44.9 Å². The van der Waals surface area contributed by atoms with Crippen LogP contribution in [-0.2, 0) is 4.74 Å². The molecular formula is C16H33NO. The minimum atomic E-state index is 0.416. The number of rotatable bonds is 8. The molecule has 0 aliphatic heterocycles. The Bertz CT molecular complexity index is 199. The molecule has 0 bridgehead atoms. The van der Waals surface area contributed by atoms with E-state index in [0.29, 0.717) is 12.1 Å². The SMILES string of the molecule is CCCNC(CC(C)C)C(OC)C1CCCCC1. The van der Waals surface area contributed by atoms with Crippen molar-refractivity contribution in [2.75, 3.05) is 13.7 Å². The van der Waals surface area contributed by atoms with E-state index in [9.17, 15) is 0 Å². The predicted molar refractivity (Wildman–Crippen MR) is 78.9 cm³/mol. The van der Waals surface area contributed by atoms with Crippen LogP contribution in [0.1, 0.15) is 65.7 Å². The largest absolute Gasteiger partial charge is 0.380 e. The van der Waals surface area contributed by atoms with Gasteiger partial charge in [0.05, 0.1) is 6.10 Å². The fraction of sp³-hybridized carbons (Fsp3) is 1.00. The first-order valence-corrected chi connectivity index (χ1v) is 7.95. The molecule has 0 heterocycles. The van der Waals surface area contributed by atoms with E-state index >= 15 is 0 Å². The summed E-state index contributed by atoms with van der Waals surface area (Å²) in [4.78, 5) is 0. The van der Waals surface area contributed by atoms with Gasteiger partial charge in [0.15, 0.2) is 0 Å². The molecule has 0 aromatic rings. The molecule has 2 nitrogen and oxygen atoms in total. The van der Waals surface area contributed by atoms with E-state index in [2.05, 4.69) is 26.1 Å². The third kappa shape index (κ3) is 5.27. The molecule has 1 rings (SSSR count). The van der Waals surface area contributed by atoms with E-state index in [0.717, 1.165) is 18.4 Å². The molecule has 1 N–H and O–H groups in total. The van der Waals surface area contributed by atoms with Crippen LogP contribution in [0.5, 0.6) is 0 Å². The van der Waals surface area contributed by atoms with Crippen LogP contribution in [0, 0.1) is 11.8 Å². The first kappa shape index (κ1) is 16.0. The Kier molecular flexibility index (Phi) is 7.92. The second kappa shape index (κ2) is 8.92. The molecule has 0 amide bonds. The third-order valence-corrected chi connectivity index (χ3v) is 4.17. The zero-order valence-corrected chi connectivity index (χ0v) is 12.9. The van der Waals surface area contributed by atoms with Gasteiger partial charge in [-0.1, -0.05) is 40.0 Å². The van der Waals surface area contributed by atoms with Gasteiger partial charge < -0.3 is 10.1 Å². The second-order valence-electron chi connectivity index (χ2n) is 6.29. The van der Waals surface area contributed by atoms with Crippen molar-refractivity contribution in [1.82, 2.24) is 5.32 Å². The van der Waals surface area contributed by atoms with Crippen LogP contribution >= 0.6 is 0 Å². The number of methoxy groups -OCH3 is 1. The van der Waals surface area contributed by atoms with Crippen molar-refractivity contribution in [2.24, 2.45) is 11.8 Å². The highest BCUT2D eigenvalue weighted by atomic mass is 16.5. The first-order valence-electron chi connectivity index (χ1n) is 7.95. The molecule has 18 heavy (non-hydrogen) atoms. The summed E-state index contributed by atoms with van der Waals surface area (Å²) in [5.74, 6) is 1.51. The van der Waals surface area contributed by atoms with Gasteiger partial charge in [0, 0.05) is 13.2 Å². The molecule has 2 unspecified atom stereocenters. The van der Waals surface area contributed by atoms with Gasteiger partial charge in [-0.3, -0.25) is 0 Å². The molecule has 0 saturated heterocycles. The van der Waals surface area contributed by atoms with Gasteiger partial charge in [-0.05, 0) is 44.1 Å². The van der Waals surface area contributed by atoms with E-state index in [1.54, 1.807) is 0 Å². The highest BCUT2D eigenvalue weighted by Gasteiger charge is 2.30. The number of hydrogen-bond donors (Lipinski definition) is 1. The molecule has 2 atom stereocenters. The summed E-state index contributed by atoms with van der Waals surface area (Å²) in [5, 5.41) is 3.72. The zero-order chi connectivity index (χ0) is 13.4. The van der Waals surface area contributed by atoms with Gasteiger partial charge in [0.25, 0.3) is 0 Å². The summed E-state index contributed by atoms with van der Waals surface area (Å²) in [5.41, 5.74) is 0. The molecule has 2 heteroatoms. The van der Waals surface area contributed by atoms with E-state index in [4.69, 9.17) is 4.74 Å². The predicted octanol–water partition coefficient (Wildman–Crippen LogP) is 4.00. The van der Waals surface area contributed by atoms with E-state index < -0.39 is 0 Å². The Morgan fingerprint density at radius 3 is 2.33 bits per heavy atom. The summed E-state index contributed by atoms with van der Waals surface area (Å²) in [6.07, 6.45) is 9.79. The quantitative estimate of drug-likeness (QED) is 0.708. The van der Waals surface area contributed by atoms with Crippen molar-refractivity contribution >= 4 is 0 Å². The lowest BCUT2D eigenvalue weighted by molar-refractivity contribution is 0.00318. The van der Waals surface area contributed by atoms with Gasteiger partial charge in [0.2, 0.25) is 0 Å². The molecule has 0 radical (unpaired) electrons. The molecule has 108 valence electrons. The van der Waals surface area contributed by atoms with Crippen molar-refractivity contribution in [3.8, 4) is 0 Å². The normalized spacial score (nSPS) is 21.2. The van der Waals surface area contributed by atoms with E-state index in [-0.39, 0.29) is 0 Å². The molecular weight excluding hydrogens is 222 g/mol. The van der Waals surface area contributed by atoms with Crippen molar-refractivity contribution in [3.63, 3.8) is 0 Å². The van der Waals surface area contributed by atoms with Crippen molar-refractivity contribution in [1.29, 1.82) is 0 Å². The summed E-state index contributed by atoms with van der Waals surface area (Å²) in [7, 11) is 1.90. The Hall–Kier alpha value is -0.0800. The molecule has 1 saturated carbocycles. The molecule has 0 spiro atoms. The fourth-order valence-electron chi connectivity index (χ4n) is 3.32.